The Hall–Kier alpha value is -6.52. The van der Waals surface area contributed by atoms with Crippen LogP contribution in [0.15, 0.2) is 60.7 Å². The van der Waals surface area contributed by atoms with Crippen LogP contribution >= 0.6 is 0 Å². The van der Waals surface area contributed by atoms with E-state index in [1.54, 1.807) is 71.1 Å². The number of hydrogen-bond acceptors (Lipinski definition) is 15. The molecule has 0 bridgehead atoms. The van der Waals surface area contributed by atoms with Gasteiger partial charge in [0.15, 0.2) is 46.0 Å². The molecule has 1 heterocycles. The van der Waals surface area contributed by atoms with Crippen LogP contribution in [0.2, 0.25) is 0 Å². The second-order valence-electron chi connectivity index (χ2n) is 17.4. The van der Waals surface area contributed by atoms with E-state index < -0.39 is 11.9 Å². The summed E-state index contributed by atoms with van der Waals surface area (Å²) in [6.07, 6.45) is 5.60. The first kappa shape index (κ1) is 54.4. The third-order valence-electron chi connectivity index (χ3n) is 13.0. The fraction of sp³-hybridized carbons (Fsp3) is 0.481. The molecule has 0 saturated heterocycles. The van der Waals surface area contributed by atoms with Gasteiger partial charge in [0.1, 0.15) is 6.04 Å². The maximum Gasteiger partial charge on any atom is 0.331 e. The number of carbonyl (C=O) groups excluding carboxylic acids is 2. The molecule has 0 amide bonds. The predicted octanol–water partition coefficient (Wildman–Crippen LogP) is 7.81. The van der Waals surface area contributed by atoms with Crippen LogP contribution in [0, 0.1) is 0 Å². The van der Waals surface area contributed by atoms with Crippen molar-refractivity contribution in [3.63, 3.8) is 0 Å². The molecule has 5 rings (SSSR count). The molecule has 16 heteroatoms. The summed E-state index contributed by atoms with van der Waals surface area (Å²) in [6, 6.07) is 15.9. The molecule has 16 nitrogen and oxygen atoms in total. The van der Waals surface area contributed by atoms with Crippen LogP contribution < -0.4 is 47.4 Å². The van der Waals surface area contributed by atoms with Crippen molar-refractivity contribution in [2.45, 2.75) is 51.0 Å². The lowest BCUT2D eigenvalue weighted by atomic mass is 9.85. The summed E-state index contributed by atoms with van der Waals surface area (Å²) in [5.74, 6) is 4.84. The summed E-state index contributed by atoms with van der Waals surface area (Å²) < 4.78 is 68.6. The number of esters is 2. The van der Waals surface area contributed by atoms with Crippen molar-refractivity contribution in [2.24, 2.45) is 0 Å². The molecule has 4 aromatic carbocycles. The Labute approximate surface area is 413 Å². The average Bonchev–Trinajstić information content (AvgIpc) is 3.38. The molecule has 0 aromatic heterocycles. The smallest absolute Gasteiger partial charge is 0.331 e. The standard InChI is InChI=1S/C54H73N2O14/c1-35(28-36-16-17-41(59-4)42(29-36)60-5)50-38(31-47(65-10)53(67-12)54(50)68-13)20-23-55(2)22-14-26-69-48(57)18-19-49(58)70-27-15-24-56(3)25-21-37-30-43(61-6)44(62-7)34-40(37)51(56)39-32-45(63-8)52(66-11)46(33-39)64-9/h16-19,29-35,51H,14-15,20-28H2,1-13H3/q+1/b19-18-. The summed E-state index contributed by atoms with van der Waals surface area (Å²) in [5.41, 5.74) is 6.41. The highest BCUT2D eigenvalue weighted by Gasteiger charge is 2.42. The highest BCUT2D eigenvalue weighted by Crippen LogP contribution is 2.49. The molecule has 70 heavy (non-hydrogen) atoms. The zero-order chi connectivity index (χ0) is 51.0. The van der Waals surface area contributed by atoms with Gasteiger partial charge in [0.05, 0.1) is 104 Å². The van der Waals surface area contributed by atoms with Crippen LogP contribution in [0.25, 0.3) is 0 Å². The quantitative estimate of drug-likeness (QED) is 0.0247. The minimum absolute atomic E-state index is 0.0478. The number of hydrogen-bond donors (Lipinski definition) is 0. The number of ether oxygens (including phenoxy) is 12. The SMILES string of the molecule is COc1ccc(CC(C)c2c(CCN(C)CCCOC(=O)/C=C\C(=O)OCCC[N+]3(C)CCc4cc(OC)c(OC)cc4C3c3cc(OC)c(OC)c(OC)c3)cc(OC)c(OC)c2OC)cc1OC. The molecule has 0 N–H and O–H groups in total. The molecular formula is C54H73N2O14+. The Morgan fingerprint density at radius 1 is 0.629 bits per heavy atom. The first-order valence-electron chi connectivity index (χ1n) is 23.4. The maximum absolute atomic E-state index is 12.8. The summed E-state index contributed by atoms with van der Waals surface area (Å²) in [7, 11) is 20.4. The number of methoxy groups -OCH3 is 10. The largest absolute Gasteiger partial charge is 0.493 e. The summed E-state index contributed by atoms with van der Waals surface area (Å²) in [5, 5.41) is 0. The predicted molar refractivity (Wildman–Crippen MR) is 266 cm³/mol. The topological polar surface area (TPSA) is 148 Å². The van der Waals surface area contributed by atoms with E-state index in [0.29, 0.717) is 101 Å². The van der Waals surface area contributed by atoms with E-state index in [-0.39, 0.29) is 25.2 Å². The van der Waals surface area contributed by atoms with Crippen LogP contribution in [-0.4, -0.2) is 146 Å². The van der Waals surface area contributed by atoms with Gasteiger partial charge < -0.3 is 66.2 Å². The molecule has 0 spiro atoms. The number of quaternary nitrogens is 1. The zero-order valence-corrected chi connectivity index (χ0v) is 43.3. The molecule has 0 saturated carbocycles. The summed E-state index contributed by atoms with van der Waals surface area (Å²) in [6.45, 7) is 5.38. The van der Waals surface area contributed by atoms with E-state index in [1.165, 1.54) is 0 Å². The molecule has 4 aromatic rings. The van der Waals surface area contributed by atoms with Crippen molar-refractivity contribution in [1.29, 1.82) is 0 Å². The van der Waals surface area contributed by atoms with Gasteiger partial charge in [-0.3, -0.25) is 0 Å². The molecule has 0 radical (unpaired) electrons. The van der Waals surface area contributed by atoms with Gasteiger partial charge in [-0.1, -0.05) is 13.0 Å². The van der Waals surface area contributed by atoms with Crippen molar-refractivity contribution in [3.05, 3.63) is 94.1 Å². The van der Waals surface area contributed by atoms with Gasteiger partial charge in [0, 0.05) is 54.8 Å². The third kappa shape index (κ3) is 13.0. The monoisotopic (exact) mass is 974 g/mol. The van der Waals surface area contributed by atoms with Crippen molar-refractivity contribution >= 4 is 11.9 Å². The van der Waals surface area contributed by atoms with E-state index >= 15 is 0 Å². The average molecular weight is 974 g/mol. The first-order valence-corrected chi connectivity index (χ1v) is 23.4. The fourth-order valence-corrected chi connectivity index (χ4v) is 9.49. The second kappa shape index (κ2) is 25.9. The number of carbonyl (C=O) groups is 2. The highest BCUT2D eigenvalue weighted by molar-refractivity contribution is 5.91. The first-order chi connectivity index (χ1) is 33.8. The van der Waals surface area contributed by atoms with Crippen LogP contribution in [-0.2, 0) is 38.3 Å². The van der Waals surface area contributed by atoms with Crippen LogP contribution in [0.1, 0.15) is 65.1 Å². The Bertz CT molecular complexity index is 2400. The van der Waals surface area contributed by atoms with Crippen LogP contribution in [0.4, 0.5) is 0 Å². The van der Waals surface area contributed by atoms with Crippen molar-refractivity contribution in [3.8, 4) is 57.5 Å². The fourth-order valence-electron chi connectivity index (χ4n) is 9.49. The normalized spacial score (nSPS) is 15.7. The Balaban J connectivity index is 1.14. The van der Waals surface area contributed by atoms with Crippen molar-refractivity contribution in [2.75, 3.05) is 125 Å². The number of likely N-dealkylation sites (N-methyl/N-ethyl adjacent to an activating group) is 2. The summed E-state index contributed by atoms with van der Waals surface area (Å²) in [4.78, 5) is 27.6. The van der Waals surface area contributed by atoms with Gasteiger partial charge in [-0.25, -0.2) is 9.59 Å². The Morgan fingerprint density at radius 3 is 1.74 bits per heavy atom. The number of nitrogens with zero attached hydrogens (tertiary/aromatic N) is 2. The van der Waals surface area contributed by atoms with Crippen molar-refractivity contribution in [1.82, 2.24) is 4.90 Å². The van der Waals surface area contributed by atoms with E-state index in [2.05, 4.69) is 18.9 Å². The molecule has 1 aliphatic heterocycles. The van der Waals surface area contributed by atoms with E-state index in [1.807, 2.05) is 55.6 Å². The molecule has 1 aliphatic rings. The maximum atomic E-state index is 12.8. The molecule has 3 atom stereocenters. The minimum Gasteiger partial charge on any atom is -0.493 e. The van der Waals surface area contributed by atoms with E-state index in [4.69, 9.17) is 56.8 Å². The zero-order valence-electron chi connectivity index (χ0n) is 43.3. The highest BCUT2D eigenvalue weighted by atomic mass is 16.6. The van der Waals surface area contributed by atoms with E-state index in [9.17, 15) is 9.59 Å². The van der Waals surface area contributed by atoms with Gasteiger partial charge in [0.25, 0.3) is 0 Å². The van der Waals surface area contributed by atoms with Gasteiger partial charge in [-0.2, -0.15) is 0 Å². The summed E-state index contributed by atoms with van der Waals surface area (Å²) >= 11 is 0. The van der Waals surface area contributed by atoms with Crippen LogP contribution in [0.5, 0.6) is 57.5 Å². The van der Waals surface area contributed by atoms with Gasteiger partial charge in [0.2, 0.25) is 11.5 Å². The van der Waals surface area contributed by atoms with E-state index in [0.717, 1.165) is 65.0 Å². The Kier molecular flexibility index (Phi) is 20.1. The third-order valence-corrected chi connectivity index (χ3v) is 13.0. The minimum atomic E-state index is -0.620. The molecule has 382 valence electrons. The van der Waals surface area contributed by atoms with Crippen molar-refractivity contribution < 1.29 is 70.9 Å². The molecule has 0 fully saturated rings. The van der Waals surface area contributed by atoms with Gasteiger partial charge >= 0.3 is 11.9 Å². The van der Waals surface area contributed by atoms with Gasteiger partial charge in [-0.15, -0.1) is 0 Å². The number of benzene rings is 4. The lowest BCUT2D eigenvalue weighted by Crippen LogP contribution is -2.52. The lowest BCUT2D eigenvalue weighted by molar-refractivity contribution is -0.935. The van der Waals surface area contributed by atoms with Gasteiger partial charge in [-0.05, 0) is 91.4 Å². The molecular weight excluding hydrogens is 901 g/mol. The second-order valence-corrected chi connectivity index (χ2v) is 17.4. The number of fused-ring (bicyclic) bond motifs is 1. The Morgan fingerprint density at radius 2 is 1.17 bits per heavy atom. The van der Waals surface area contributed by atoms with Crippen LogP contribution in [0.3, 0.4) is 0 Å². The number of rotatable bonds is 27. The molecule has 0 aliphatic carbocycles. The lowest BCUT2D eigenvalue weighted by Gasteiger charge is -2.46. The molecule has 3 unspecified atom stereocenters.